The van der Waals surface area contributed by atoms with Gasteiger partial charge in [0.2, 0.25) is 5.91 Å². The van der Waals surface area contributed by atoms with Crippen LogP contribution in [0.4, 0.5) is 4.79 Å². The molecular weight excluding hydrogens is 334 g/mol. The zero-order valence-corrected chi connectivity index (χ0v) is 16.9. The lowest BCUT2D eigenvalue weighted by Crippen LogP contribution is -2.48. The smallest absolute Gasteiger partial charge is 0.317 e. The fraction of sp³-hybridized carbons (Fsp3) is 0.684. The van der Waals surface area contributed by atoms with Crippen LogP contribution in [0.1, 0.15) is 55.0 Å². The Morgan fingerprint density at radius 2 is 1.88 bits per heavy atom. The van der Waals surface area contributed by atoms with Gasteiger partial charge in [0.1, 0.15) is 0 Å². The molecule has 5 nitrogen and oxygen atoms in total. The first kappa shape index (κ1) is 19.8. The molecular formula is C19H31N3O2S. The zero-order chi connectivity index (χ0) is 18.6. The van der Waals surface area contributed by atoms with E-state index in [2.05, 4.69) is 25.2 Å². The summed E-state index contributed by atoms with van der Waals surface area (Å²) in [6.07, 6.45) is 1.52. The monoisotopic (exact) mass is 365 g/mol. The van der Waals surface area contributed by atoms with Crippen molar-refractivity contribution in [3.05, 3.63) is 21.4 Å². The Kier molecular flexibility index (Phi) is 6.87. The van der Waals surface area contributed by atoms with Crippen LogP contribution in [0.5, 0.6) is 0 Å². The van der Waals surface area contributed by atoms with E-state index in [-0.39, 0.29) is 23.9 Å². The maximum atomic E-state index is 12.5. The number of carbonyl (C=O) groups excluding carboxylic acids is 2. The molecule has 0 aromatic carbocycles. The highest BCUT2D eigenvalue weighted by molar-refractivity contribution is 7.12. The molecule has 0 saturated carbocycles. The number of hydrogen-bond donors (Lipinski definition) is 1. The molecule has 1 aromatic heterocycles. The van der Waals surface area contributed by atoms with Gasteiger partial charge in [-0.15, -0.1) is 11.3 Å². The van der Waals surface area contributed by atoms with Gasteiger partial charge in [-0.3, -0.25) is 4.79 Å². The van der Waals surface area contributed by atoms with Gasteiger partial charge < -0.3 is 15.1 Å². The minimum Gasteiger partial charge on any atom is -0.343 e. The lowest BCUT2D eigenvalue weighted by atomic mass is 9.95. The third kappa shape index (κ3) is 4.75. The van der Waals surface area contributed by atoms with E-state index in [1.54, 1.807) is 11.3 Å². The van der Waals surface area contributed by atoms with Crippen molar-refractivity contribution in [1.82, 2.24) is 15.1 Å². The maximum Gasteiger partial charge on any atom is 0.317 e. The normalized spacial score (nSPS) is 16.6. The molecule has 1 saturated heterocycles. The lowest BCUT2D eigenvalue weighted by Gasteiger charge is -2.34. The Hall–Kier alpha value is -1.56. The summed E-state index contributed by atoms with van der Waals surface area (Å²) in [6.45, 7) is 13.1. The average molecular weight is 366 g/mol. The van der Waals surface area contributed by atoms with Gasteiger partial charge in [-0.05, 0) is 59.1 Å². The molecule has 1 fully saturated rings. The van der Waals surface area contributed by atoms with Crippen molar-refractivity contribution in [2.75, 3.05) is 26.2 Å². The van der Waals surface area contributed by atoms with Gasteiger partial charge in [0.05, 0.1) is 6.04 Å². The SMILES string of the molecule is CCN(CC)C(=O)C1CCN(C(=O)N[C@H](C)c2cc(C)sc2C)CC1. The van der Waals surface area contributed by atoms with E-state index in [1.807, 2.05) is 30.6 Å². The van der Waals surface area contributed by atoms with Crippen LogP contribution in [0, 0.1) is 19.8 Å². The summed E-state index contributed by atoms with van der Waals surface area (Å²) in [5, 5.41) is 3.11. The van der Waals surface area contributed by atoms with Gasteiger partial charge in [-0.25, -0.2) is 4.79 Å². The van der Waals surface area contributed by atoms with Crippen molar-refractivity contribution < 1.29 is 9.59 Å². The van der Waals surface area contributed by atoms with Crippen molar-refractivity contribution >= 4 is 23.3 Å². The van der Waals surface area contributed by atoms with E-state index in [0.717, 1.165) is 25.9 Å². The number of likely N-dealkylation sites (tertiary alicyclic amines) is 1. The molecule has 3 amide bonds. The molecule has 1 N–H and O–H groups in total. The Bertz CT molecular complexity index is 602. The van der Waals surface area contributed by atoms with Crippen LogP contribution < -0.4 is 5.32 Å². The van der Waals surface area contributed by atoms with Crippen LogP contribution in [0.2, 0.25) is 0 Å². The third-order valence-corrected chi connectivity index (χ3v) is 6.07. The molecule has 2 heterocycles. The highest BCUT2D eigenvalue weighted by Gasteiger charge is 2.29. The average Bonchev–Trinajstić information content (AvgIpc) is 2.94. The fourth-order valence-corrected chi connectivity index (χ4v) is 4.58. The van der Waals surface area contributed by atoms with Crippen molar-refractivity contribution in [1.29, 1.82) is 0 Å². The second kappa shape index (κ2) is 8.70. The maximum absolute atomic E-state index is 12.5. The van der Waals surface area contributed by atoms with Gasteiger partial charge >= 0.3 is 6.03 Å². The third-order valence-electron chi connectivity index (χ3n) is 5.09. The van der Waals surface area contributed by atoms with Gasteiger partial charge in [0, 0.05) is 41.9 Å². The lowest BCUT2D eigenvalue weighted by molar-refractivity contribution is -0.136. The number of nitrogens with zero attached hydrogens (tertiary/aromatic N) is 2. The summed E-state index contributed by atoms with van der Waals surface area (Å²) in [5.74, 6) is 0.297. The van der Waals surface area contributed by atoms with E-state index in [1.165, 1.54) is 15.3 Å². The molecule has 140 valence electrons. The summed E-state index contributed by atoms with van der Waals surface area (Å²) >= 11 is 1.76. The molecule has 0 radical (unpaired) electrons. The number of rotatable bonds is 5. The number of urea groups is 1. The number of thiophene rings is 1. The second-order valence-electron chi connectivity index (χ2n) is 6.81. The number of amides is 3. The molecule has 0 spiro atoms. The number of hydrogen-bond acceptors (Lipinski definition) is 3. The van der Waals surface area contributed by atoms with Crippen molar-refractivity contribution in [3.63, 3.8) is 0 Å². The van der Waals surface area contributed by atoms with E-state index >= 15 is 0 Å². The quantitative estimate of drug-likeness (QED) is 0.865. The molecule has 2 rings (SSSR count). The number of aryl methyl sites for hydroxylation is 2. The number of carbonyl (C=O) groups is 2. The van der Waals surface area contributed by atoms with E-state index in [4.69, 9.17) is 0 Å². The first-order chi connectivity index (χ1) is 11.9. The topological polar surface area (TPSA) is 52.7 Å². The van der Waals surface area contributed by atoms with E-state index in [0.29, 0.717) is 13.1 Å². The first-order valence-corrected chi connectivity index (χ1v) is 10.1. The molecule has 1 aliphatic rings. The van der Waals surface area contributed by atoms with Crippen LogP contribution in [0.3, 0.4) is 0 Å². The molecule has 0 bridgehead atoms. The molecule has 0 aliphatic carbocycles. The minimum absolute atomic E-state index is 0.00693. The summed E-state index contributed by atoms with van der Waals surface area (Å²) < 4.78 is 0. The Morgan fingerprint density at radius 3 is 2.36 bits per heavy atom. The summed E-state index contributed by atoms with van der Waals surface area (Å²) in [6, 6.07) is 2.14. The molecule has 1 aromatic rings. The molecule has 6 heteroatoms. The Labute approximate surface area is 155 Å². The molecule has 1 aliphatic heterocycles. The van der Waals surface area contributed by atoms with Crippen LogP contribution in [0.25, 0.3) is 0 Å². The van der Waals surface area contributed by atoms with Crippen LogP contribution in [-0.2, 0) is 4.79 Å². The van der Waals surface area contributed by atoms with Gasteiger partial charge in [0.15, 0.2) is 0 Å². The molecule has 0 unspecified atom stereocenters. The number of piperidine rings is 1. The van der Waals surface area contributed by atoms with Crippen molar-refractivity contribution in [3.8, 4) is 0 Å². The number of nitrogens with one attached hydrogen (secondary N) is 1. The Balaban J connectivity index is 1.87. The standard InChI is InChI=1S/C19H31N3O2S/c1-6-21(7-2)18(23)16-8-10-22(11-9-16)19(24)20-14(4)17-12-13(3)25-15(17)5/h12,14,16H,6-11H2,1-5H3,(H,20,24)/t14-/m1/s1. The van der Waals surface area contributed by atoms with Gasteiger partial charge in [-0.1, -0.05) is 0 Å². The van der Waals surface area contributed by atoms with Crippen molar-refractivity contribution in [2.45, 2.75) is 53.5 Å². The molecule has 1 atom stereocenters. The highest BCUT2D eigenvalue weighted by Crippen LogP contribution is 2.26. The second-order valence-corrected chi connectivity index (χ2v) is 8.27. The van der Waals surface area contributed by atoms with Crippen molar-refractivity contribution in [2.24, 2.45) is 5.92 Å². The largest absolute Gasteiger partial charge is 0.343 e. The van der Waals surface area contributed by atoms with Crippen LogP contribution in [0.15, 0.2) is 6.07 Å². The van der Waals surface area contributed by atoms with Gasteiger partial charge in [0.25, 0.3) is 0 Å². The highest BCUT2D eigenvalue weighted by atomic mass is 32.1. The summed E-state index contributed by atoms with van der Waals surface area (Å²) in [4.78, 5) is 31.3. The van der Waals surface area contributed by atoms with Gasteiger partial charge in [-0.2, -0.15) is 0 Å². The van der Waals surface area contributed by atoms with Crippen LogP contribution in [-0.4, -0.2) is 47.9 Å². The van der Waals surface area contributed by atoms with E-state index in [9.17, 15) is 9.59 Å². The Morgan fingerprint density at radius 1 is 1.28 bits per heavy atom. The summed E-state index contributed by atoms with van der Waals surface area (Å²) in [7, 11) is 0. The fourth-order valence-electron chi connectivity index (χ4n) is 3.56. The van der Waals surface area contributed by atoms with E-state index < -0.39 is 0 Å². The van der Waals surface area contributed by atoms with Crippen LogP contribution >= 0.6 is 11.3 Å². The minimum atomic E-state index is -0.0236. The predicted molar refractivity (Wildman–Crippen MR) is 103 cm³/mol. The predicted octanol–water partition coefficient (Wildman–Crippen LogP) is 3.72. The zero-order valence-electron chi connectivity index (χ0n) is 16.1. The first-order valence-electron chi connectivity index (χ1n) is 9.28. The molecule has 25 heavy (non-hydrogen) atoms. The summed E-state index contributed by atoms with van der Waals surface area (Å²) in [5.41, 5.74) is 1.20.